The van der Waals surface area contributed by atoms with E-state index in [-0.39, 0.29) is 24.1 Å². The highest BCUT2D eigenvalue weighted by molar-refractivity contribution is 7.80. The zero-order chi connectivity index (χ0) is 15.2. The number of likely N-dealkylation sites (tertiary alicyclic amines) is 1. The van der Waals surface area contributed by atoms with Gasteiger partial charge < -0.3 is 20.5 Å². The number of para-hydroxylation sites is 1. The first-order chi connectivity index (χ1) is 10.1. The highest BCUT2D eigenvalue weighted by atomic mass is 32.1. The Morgan fingerprint density at radius 1 is 1.48 bits per heavy atom. The molecule has 1 heterocycles. The van der Waals surface area contributed by atoms with Gasteiger partial charge in [-0.1, -0.05) is 24.4 Å². The van der Waals surface area contributed by atoms with Crippen LogP contribution in [-0.4, -0.2) is 47.2 Å². The van der Waals surface area contributed by atoms with E-state index >= 15 is 0 Å². The van der Waals surface area contributed by atoms with E-state index in [0.29, 0.717) is 23.8 Å². The summed E-state index contributed by atoms with van der Waals surface area (Å²) in [5.41, 5.74) is 6.27. The van der Waals surface area contributed by atoms with E-state index in [9.17, 15) is 4.79 Å². The molecule has 1 aromatic carbocycles. The molecular formula is C15H20N2O3S. The quantitative estimate of drug-likeness (QED) is 0.765. The number of nitrogens with two attached hydrogens (primary N) is 1. The molecule has 1 unspecified atom stereocenters. The molecule has 1 aliphatic rings. The molecule has 0 aliphatic carbocycles. The summed E-state index contributed by atoms with van der Waals surface area (Å²) in [6.07, 6.45) is 1.69. The van der Waals surface area contributed by atoms with E-state index in [0.717, 1.165) is 19.4 Å². The first-order valence-corrected chi connectivity index (χ1v) is 7.43. The second-order valence-corrected chi connectivity index (χ2v) is 5.60. The van der Waals surface area contributed by atoms with Gasteiger partial charge >= 0.3 is 0 Å². The lowest BCUT2D eigenvalue weighted by atomic mass is 10.1. The molecule has 0 spiro atoms. The fraction of sp³-hybridized carbons (Fsp3) is 0.467. The number of hydrogen-bond donors (Lipinski definition) is 2. The van der Waals surface area contributed by atoms with Gasteiger partial charge in [-0.25, -0.2) is 0 Å². The van der Waals surface area contributed by atoms with Gasteiger partial charge in [-0.05, 0) is 30.9 Å². The van der Waals surface area contributed by atoms with E-state index in [1.807, 2.05) is 12.1 Å². The average molecular weight is 308 g/mol. The van der Waals surface area contributed by atoms with Gasteiger partial charge in [0.25, 0.3) is 5.91 Å². The average Bonchev–Trinajstić information content (AvgIpc) is 2.94. The topological polar surface area (TPSA) is 75.8 Å². The summed E-state index contributed by atoms with van der Waals surface area (Å²) in [7, 11) is 0. The van der Waals surface area contributed by atoms with Crippen molar-refractivity contribution in [3.63, 3.8) is 0 Å². The van der Waals surface area contributed by atoms with Crippen LogP contribution in [0.1, 0.15) is 18.4 Å². The number of carbonyl (C=O) groups is 1. The number of ether oxygens (including phenoxy) is 1. The third kappa shape index (κ3) is 4.15. The fourth-order valence-corrected chi connectivity index (χ4v) is 2.67. The molecule has 114 valence electrons. The van der Waals surface area contributed by atoms with E-state index in [2.05, 4.69) is 0 Å². The number of aliphatic hydroxyl groups is 1. The molecule has 0 radical (unpaired) electrons. The van der Waals surface area contributed by atoms with Crippen LogP contribution >= 0.6 is 12.2 Å². The Kier molecular flexibility index (Phi) is 5.52. The van der Waals surface area contributed by atoms with E-state index in [1.54, 1.807) is 17.0 Å². The van der Waals surface area contributed by atoms with Crippen molar-refractivity contribution in [3.05, 3.63) is 29.8 Å². The van der Waals surface area contributed by atoms with Crippen LogP contribution in [0.5, 0.6) is 5.75 Å². The lowest BCUT2D eigenvalue weighted by molar-refractivity contribution is -0.132. The van der Waals surface area contributed by atoms with Crippen molar-refractivity contribution in [1.82, 2.24) is 4.90 Å². The van der Waals surface area contributed by atoms with Crippen molar-refractivity contribution in [2.75, 3.05) is 26.3 Å². The summed E-state index contributed by atoms with van der Waals surface area (Å²) in [6, 6.07) is 7.16. The van der Waals surface area contributed by atoms with Gasteiger partial charge in [0.15, 0.2) is 6.61 Å². The van der Waals surface area contributed by atoms with Crippen LogP contribution < -0.4 is 10.5 Å². The van der Waals surface area contributed by atoms with Gasteiger partial charge in [0.2, 0.25) is 0 Å². The van der Waals surface area contributed by atoms with Crippen molar-refractivity contribution < 1.29 is 14.6 Å². The highest BCUT2D eigenvalue weighted by Gasteiger charge is 2.26. The van der Waals surface area contributed by atoms with Gasteiger partial charge in [0, 0.05) is 19.7 Å². The van der Waals surface area contributed by atoms with Crippen molar-refractivity contribution >= 4 is 23.1 Å². The maximum atomic E-state index is 12.1. The lowest BCUT2D eigenvalue weighted by Crippen LogP contribution is -2.33. The molecule has 1 saturated heterocycles. The minimum Gasteiger partial charge on any atom is -0.483 e. The highest BCUT2D eigenvalue weighted by Crippen LogP contribution is 2.21. The van der Waals surface area contributed by atoms with E-state index < -0.39 is 0 Å². The van der Waals surface area contributed by atoms with Crippen LogP contribution in [0.3, 0.4) is 0 Å². The van der Waals surface area contributed by atoms with E-state index in [1.165, 1.54) is 0 Å². The number of amides is 1. The number of benzene rings is 1. The summed E-state index contributed by atoms with van der Waals surface area (Å²) >= 11 is 4.96. The smallest absolute Gasteiger partial charge is 0.260 e. The molecule has 2 rings (SSSR count). The second-order valence-electron chi connectivity index (χ2n) is 5.16. The van der Waals surface area contributed by atoms with Crippen LogP contribution in [0, 0.1) is 5.92 Å². The van der Waals surface area contributed by atoms with Gasteiger partial charge in [-0.3, -0.25) is 4.79 Å². The Hall–Kier alpha value is -1.66. The normalized spacial score (nSPS) is 17.8. The molecule has 21 heavy (non-hydrogen) atoms. The maximum Gasteiger partial charge on any atom is 0.260 e. The van der Waals surface area contributed by atoms with Crippen LogP contribution in [-0.2, 0) is 4.79 Å². The van der Waals surface area contributed by atoms with Gasteiger partial charge in [-0.15, -0.1) is 0 Å². The summed E-state index contributed by atoms with van der Waals surface area (Å²) in [5.74, 6) is 0.875. The molecule has 0 saturated carbocycles. The Balaban J connectivity index is 1.89. The minimum atomic E-state index is -0.0480. The SMILES string of the molecule is NC(=S)c1ccccc1OCC(=O)N1CCC(CCO)C1. The molecule has 1 amide bonds. The van der Waals surface area contributed by atoms with Gasteiger partial charge in [-0.2, -0.15) is 0 Å². The van der Waals surface area contributed by atoms with Gasteiger partial charge in [0.05, 0.1) is 5.56 Å². The fourth-order valence-electron chi connectivity index (χ4n) is 2.50. The standard InChI is InChI=1S/C15H20N2O3S/c16-15(21)12-3-1-2-4-13(12)20-10-14(19)17-7-5-11(9-17)6-8-18/h1-4,11,18H,5-10H2,(H2,16,21). The summed E-state index contributed by atoms with van der Waals surface area (Å²) in [4.78, 5) is 14.2. The zero-order valence-corrected chi connectivity index (χ0v) is 12.6. The third-order valence-electron chi connectivity index (χ3n) is 3.68. The molecule has 3 N–H and O–H groups in total. The zero-order valence-electron chi connectivity index (χ0n) is 11.8. The maximum absolute atomic E-state index is 12.1. The van der Waals surface area contributed by atoms with Crippen molar-refractivity contribution in [2.24, 2.45) is 11.7 Å². The number of aliphatic hydroxyl groups excluding tert-OH is 1. The number of hydrogen-bond acceptors (Lipinski definition) is 4. The third-order valence-corrected chi connectivity index (χ3v) is 3.90. The summed E-state index contributed by atoms with van der Waals surface area (Å²) in [6.45, 7) is 1.57. The Morgan fingerprint density at radius 2 is 2.24 bits per heavy atom. The van der Waals surface area contributed by atoms with Crippen LogP contribution in [0.2, 0.25) is 0 Å². The van der Waals surface area contributed by atoms with Crippen LogP contribution in [0.15, 0.2) is 24.3 Å². The number of carbonyl (C=O) groups excluding carboxylic acids is 1. The molecule has 1 fully saturated rings. The Morgan fingerprint density at radius 3 is 2.95 bits per heavy atom. The first-order valence-electron chi connectivity index (χ1n) is 7.02. The molecule has 0 aromatic heterocycles. The van der Waals surface area contributed by atoms with Crippen LogP contribution in [0.4, 0.5) is 0 Å². The summed E-state index contributed by atoms with van der Waals surface area (Å²) in [5, 5.41) is 8.93. The van der Waals surface area contributed by atoms with E-state index in [4.69, 9.17) is 27.8 Å². The minimum absolute atomic E-state index is 0.0223. The number of rotatable bonds is 6. The molecule has 1 aliphatic heterocycles. The Labute approximate surface area is 129 Å². The molecule has 5 nitrogen and oxygen atoms in total. The molecular weight excluding hydrogens is 288 g/mol. The predicted octanol–water partition coefficient (Wildman–Crippen LogP) is 0.930. The predicted molar refractivity (Wildman–Crippen MR) is 84.2 cm³/mol. The molecule has 1 atom stereocenters. The number of nitrogens with zero attached hydrogens (tertiary/aromatic N) is 1. The van der Waals surface area contributed by atoms with Crippen LogP contribution in [0.25, 0.3) is 0 Å². The van der Waals surface area contributed by atoms with Gasteiger partial charge in [0.1, 0.15) is 10.7 Å². The molecule has 6 heteroatoms. The second kappa shape index (κ2) is 7.38. The number of thiocarbonyl (C=S) groups is 1. The van der Waals surface area contributed by atoms with Crippen molar-refractivity contribution in [3.8, 4) is 5.75 Å². The Bertz CT molecular complexity index is 521. The van der Waals surface area contributed by atoms with Crippen molar-refractivity contribution in [2.45, 2.75) is 12.8 Å². The molecule has 1 aromatic rings. The monoisotopic (exact) mass is 308 g/mol. The summed E-state index contributed by atoms with van der Waals surface area (Å²) < 4.78 is 5.56. The molecule has 0 bridgehead atoms. The first kappa shape index (κ1) is 15.7. The van der Waals surface area contributed by atoms with Crippen molar-refractivity contribution in [1.29, 1.82) is 0 Å². The lowest BCUT2D eigenvalue weighted by Gasteiger charge is -2.17. The largest absolute Gasteiger partial charge is 0.483 e.